The van der Waals surface area contributed by atoms with Crippen molar-refractivity contribution in [1.29, 1.82) is 0 Å². The number of thiazole rings is 1. The molecular weight excluding hydrogens is 248 g/mol. The number of hydrogen-bond acceptors (Lipinski definition) is 4. The molecule has 0 radical (unpaired) electrons. The largest absolute Gasteiger partial charge is 0.314 e. The number of thiophene rings is 1. The van der Waals surface area contributed by atoms with E-state index in [1.54, 1.807) is 22.7 Å². The van der Waals surface area contributed by atoms with Gasteiger partial charge in [-0.25, -0.2) is 4.98 Å². The molecule has 0 bridgehead atoms. The third kappa shape index (κ3) is 3.91. The molecule has 2 heterocycles. The summed E-state index contributed by atoms with van der Waals surface area (Å²) < 4.78 is 0. The molecule has 92 valence electrons. The van der Waals surface area contributed by atoms with Crippen LogP contribution in [0, 0.1) is 6.92 Å². The highest BCUT2D eigenvalue weighted by Crippen LogP contribution is 2.14. The summed E-state index contributed by atoms with van der Waals surface area (Å²) in [6, 6.07) is 2.71. The van der Waals surface area contributed by atoms with Crippen LogP contribution in [0.1, 0.15) is 23.2 Å². The molecule has 0 saturated heterocycles. The van der Waals surface area contributed by atoms with E-state index in [0.29, 0.717) is 6.04 Å². The fourth-order valence-electron chi connectivity index (χ4n) is 1.95. The van der Waals surface area contributed by atoms with Gasteiger partial charge in [0.15, 0.2) is 0 Å². The van der Waals surface area contributed by atoms with E-state index in [1.807, 2.05) is 0 Å². The Morgan fingerprint density at radius 3 is 2.82 bits per heavy atom. The molecule has 0 aromatic carbocycles. The Hall–Kier alpha value is -0.710. The molecule has 2 nitrogen and oxygen atoms in total. The van der Waals surface area contributed by atoms with Gasteiger partial charge < -0.3 is 5.32 Å². The molecule has 1 atom stereocenters. The number of likely N-dealkylation sites (N-methyl/N-ethyl adjacent to an activating group) is 1. The highest BCUT2D eigenvalue weighted by atomic mass is 32.1. The van der Waals surface area contributed by atoms with E-state index in [9.17, 15) is 0 Å². The number of nitrogens with one attached hydrogen (secondary N) is 1. The third-order valence-electron chi connectivity index (χ3n) is 2.68. The lowest BCUT2D eigenvalue weighted by Crippen LogP contribution is -2.33. The zero-order valence-electron chi connectivity index (χ0n) is 10.3. The Bertz CT molecular complexity index is 434. The van der Waals surface area contributed by atoms with Crippen molar-refractivity contribution in [2.45, 2.75) is 32.7 Å². The zero-order valence-corrected chi connectivity index (χ0v) is 11.9. The van der Waals surface area contributed by atoms with Gasteiger partial charge in [-0.1, -0.05) is 6.92 Å². The summed E-state index contributed by atoms with van der Waals surface area (Å²) in [7, 11) is 0. The van der Waals surface area contributed by atoms with E-state index in [0.717, 1.165) is 24.4 Å². The van der Waals surface area contributed by atoms with E-state index in [2.05, 4.69) is 46.4 Å². The van der Waals surface area contributed by atoms with Gasteiger partial charge in [0.25, 0.3) is 0 Å². The molecule has 17 heavy (non-hydrogen) atoms. The molecule has 2 aromatic heterocycles. The summed E-state index contributed by atoms with van der Waals surface area (Å²) in [5.74, 6) is 0. The monoisotopic (exact) mass is 266 g/mol. The number of aryl methyl sites for hydroxylation is 1. The summed E-state index contributed by atoms with van der Waals surface area (Å²) in [6.45, 7) is 5.24. The van der Waals surface area contributed by atoms with Crippen molar-refractivity contribution in [1.82, 2.24) is 10.3 Å². The van der Waals surface area contributed by atoms with Gasteiger partial charge in [0.1, 0.15) is 0 Å². The van der Waals surface area contributed by atoms with Gasteiger partial charge in [-0.2, -0.15) is 11.3 Å². The van der Waals surface area contributed by atoms with Crippen molar-refractivity contribution < 1.29 is 0 Å². The zero-order chi connectivity index (χ0) is 12.1. The predicted octanol–water partition coefficient (Wildman–Crippen LogP) is 3.28. The van der Waals surface area contributed by atoms with E-state index in [-0.39, 0.29) is 0 Å². The summed E-state index contributed by atoms with van der Waals surface area (Å²) in [5, 5.41) is 11.3. The molecule has 0 aliphatic heterocycles. The molecule has 1 N–H and O–H groups in total. The molecule has 0 fully saturated rings. The van der Waals surface area contributed by atoms with Crippen LogP contribution in [0.25, 0.3) is 0 Å². The fraction of sp³-hybridized carbons (Fsp3) is 0.462. The van der Waals surface area contributed by atoms with Crippen molar-refractivity contribution in [3.05, 3.63) is 38.5 Å². The number of rotatable bonds is 6. The van der Waals surface area contributed by atoms with Crippen LogP contribution in [0.2, 0.25) is 0 Å². The SMILES string of the molecule is CCNC(Cc1ccsc1)Cc1csc(C)n1. The lowest BCUT2D eigenvalue weighted by molar-refractivity contribution is 0.518. The first-order chi connectivity index (χ1) is 8.28. The molecule has 4 heteroatoms. The molecule has 2 aromatic rings. The van der Waals surface area contributed by atoms with E-state index in [4.69, 9.17) is 0 Å². The average Bonchev–Trinajstić information content (AvgIpc) is 2.91. The molecule has 0 aliphatic rings. The average molecular weight is 266 g/mol. The highest BCUT2D eigenvalue weighted by Gasteiger charge is 2.11. The lowest BCUT2D eigenvalue weighted by atomic mass is 10.0. The van der Waals surface area contributed by atoms with Crippen molar-refractivity contribution in [3.63, 3.8) is 0 Å². The Kier molecular flexibility index (Phi) is 4.71. The second-order valence-electron chi connectivity index (χ2n) is 4.15. The fourth-order valence-corrected chi connectivity index (χ4v) is 3.26. The first kappa shape index (κ1) is 12.7. The van der Waals surface area contributed by atoms with Gasteiger partial charge in [0.05, 0.1) is 10.7 Å². The molecule has 2 rings (SSSR count). The van der Waals surface area contributed by atoms with Crippen LogP contribution in [0.5, 0.6) is 0 Å². The van der Waals surface area contributed by atoms with Gasteiger partial charge in [-0.3, -0.25) is 0 Å². The van der Waals surface area contributed by atoms with E-state index in [1.165, 1.54) is 11.3 Å². The van der Waals surface area contributed by atoms with Crippen LogP contribution in [-0.2, 0) is 12.8 Å². The summed E-state index contributed by atoms with van der Waals surface area (Å²) in [4.78, 5) is 4.54. The van der Waals surface area contributed by atoms with Gasteiger partial charge in [-0.05, 0) is 42.3 Å². The topological polar surface area (TPSA) is 24.9 Å². The van der Waals surface area contributed by atoms with Crippen molar-refractivity contribution in [2.24, 2.45) is 0 Å². The van der Waals surface area contributed by atoms with Crippen LogP contribution in [0.4, 0.5) is 0 Å². The third-order valence-corrected chi connectivity index (χ3v) is 4.23. The number of hydrogen-bond donors (Lipinski definition) is 1. The number of aromatic nitrogens is 1. The van der Waals surface area contributed by atoms with Crippen LogP contribution in [0.15, 0.2) is 22.2 Å². The Labute approximate surface area is 111 Å². The van der Waals surface area contributed by atoms with Gasteiger partial charge in [0.2, 0.25) is 0 Å². The predicted molar refractivity (Wildman–Crippen MR) is 76.0 cm³/mol. The van der Waals surface area contributed by atoms with E-state index >= 15 is 0 Å². The quantitative estimate of drug-likeness (QED) is 0.868. The standard InChI is InChI=1S/C13H18N2S2/c1-3-14-12(6-11-4-5-16-8-11)7-13-9-17-10(2)15-13/h4-5,8-9,12,14H,3,6-7H2,1-2H3. The molecule has 0 amide bonds. The first-order valence-electron chi connectivity index (χ1n) is 5.93. The minimum absolute atomic E-state index is 0.496. The first-order valence-corrected chi connectivity index (χ1v) is 7.75. The number of nitrogens with zero attached hydrogens (tertiary/aromatic N) is 1. The second-order valence-corrected chi connectivity index (χ2v) is 5.99. The molecule has 0 saturated carbocycles. The van der Waals surface area contributed by atoms with Gasteiger partial charge in [0, 0.05) is 17.8 Å². The molecular formula is C13H18N2S2. The van der Waals surface area contributed by atoms with E-state index < -0.39 is 0 Å². The summed E-state index contributed by atoms with van der Waals surface area (Å²) >= 11 is 3.50. The molecule has 0 spiro atoms. The normalized spacial score (nSPS) is 12.8. The highest BCUT2D eigenvalue weighted by molar-refractivity contribution is 7.09. The smallest absolute Gasteiger partial charge is 0.0897 e. The van der Waals surface area contributed by atoms with Crippen LogP contribution < -0.4 is 5.32 Å². The van der Waals surface area contributed by atoms with Crippen LogP contribution in [-0.4, -0.2) is 17.6 Å². The van der Waals surface area contributed by atoms with Crippen molar-refractivity contribution in [3.8, 4) is 0 Å². The maximum absolute atomic E-state index is 4.54. The van der Waals surface area contributed by atoms with Gasteiger partial charge in [-0.15, -0.1) is 11.3 Å². The van der Waals surface area contributed by atoms with Crippen molar-refractivity contribution in [2.75, 3.05) is 6.54 Å². The van der Waals surface area contributed by atoms with Crippen molar-refractivity contribution >= 4 is 22.7 Å². The molecule has 0 aliphatic carbocycles. The van der Waals surface area contributed by atoms with Gasteiger partial charge >= 0.3 is 0 Å². The Morgan fingerprint density at radius 2 is 2.24 bits per heavy atom. The Balaban J connectivity index is 1.97. The Morgan fingerprint density at radius 1 is 1.35 bits per heavy atom. The summed E-state index contributed by atoms with van der Waals surface area (Å²) in [5.41, 5.74) is 2.64. The maximum Gasteiger partial charge on any atom is 0.0897 e. The minimum atomic E-state index is 0.496. The van der Waals surface area contributed by atoms with Crippen LogP contribution in [0.3, 0.4) is 0 Å². The second kappa shape index (κ2) is 6.28. The lowest BCUT2D eigenvalue weighted by Gasteiger charge is -2.16. The molecule has 1 unspecified atom stereocenters. The minimum Gasteiger partial charge on any atom is -0.314 e. The maximum atomic E-state index is 4.54. The summed E-state index contributed by atoms with van der Waals surface area (Å²) in [6.07, 6.45) is 2.11. The van der Waals surface area contributed by atoms with Crippen LogP contribution >= 0.6 is 22.7 Å².